The predicted octanol–water partition coefficient (Wildman–Crippen LogP) is -0.0127. The van der Waals surface area contributed by atoms with Crippen molar-refractivity contribution in [2.45, 2.75) is 25.3 Å². The summed E-state index contributed by atoms with van der Waals surface area (Å²) < 4.78 is 0. The van der Waals surface area contributed by atoms with Gasteiger partial charge in [-0.25, -0.2) is 4.98 Å². The van der Waals surface area contributed by atoms with E-state index in [4.69, 9.17) is 5.11 Å². The first kappa shape index (κ1) is 12.5. The number of carboxylic acids is 1. The van der Waals surface area contributed by atoms with Crippen LogP contribution in [-0.2, 0) is 20.8 Å². The van der Waals surface area contributed by atoms with Crippen molar-refractivity contribution >= 4 is 34.3 Å². The molecule has 2 heterocycles. The molecule has 2 rings (SSSR count). The van der Waals surface area contributed by atoms with Gasteiger partial charge >= 0.3 is 5.97 Å². The van der Waals surface area contributed by atoms with Gasteiger partial charge in [0, 0.05) is 11.8 Å². The molecule has 7 nitrogen and oxygen atoms in total. The molecule has 0 spiro atoms. The van der Waals surface area contributed by atoms with Crippen LogP contribution in [0.3, 0.4) is 0 Å². The van der Waals surface area contributed by atoms with Gasteiger partial charge in [0.15, 0.2) is 5.13 Å². The van der Waals surface area contributed by atoms with E-state index in [1.54, 1.807) is 5.38 Å². The average molecular weight is 269 g/mol. The summed E-state index contributed by atoms with van der Waals surface area (Å²) >= 11 is 1.16. The monoisotopic (exact) mass is 269 g/mol. The highest BCUT2D eigenvalue weighted by molar-refractivity contribution is 7.13. The van der Waals surface area contributed by atoms with Crippen LogP contribution in [-0.4, -0.2) is 33.9 Å². The van der Waals surface area contributed by atoms with Crippen LogP contribution in [0.5, 0.6) is 0 Å². The van der Waals surface area contributed by atoms with Gasteiger partial charge in [0.2, 0.25) is 11.8 Å². The summed E-state index contributed by atoms with van der Waals surface area (Å²) in [5, 5.41) is 15.6. The summed E-state index contributed by atoms with van der Waals surface area (Å²) in [5.74, 6) is -1.43. The van der Waals surface area contributed by atoms with E-state index >= 15 is 0 Å². The number of aliphatic carboxylic acids is 1. The van der Waals surface area contributed by atoms with Crippen molar-refractivity contribution < 1.29 is 19.5 Å². The molecule has 18 heavy (non-hydrogen) atoms. The van der Waals surface area contributed by atoms with Gasteiger partial charge in [-0.1, -0.05) is 0 Å². The zero-order valence-corrected chi connectivity index (χ0v) is 10.1. The zero-order chi connectivity index (χ0) is 13.1. The highest BCUT2D eigenvalue weighted by Gasteiger charge is 2.27. The first-order valence-electron chi connectivity index (χ1n) is 5.31. The van der Waals surface area contributed by atoms with E-state index in [1.807, 2.05) is 0 Å². The molecule has 0 saturated carbocycles. The predicted molar refractivity (Wildman–Crippen MR) is 63.2 cm³/mol. The van der Waals surface area contributed by atoms with Crippen molar-refractivity contribution in [2.75, 3.05) is 5.32 Å². The zero-order valence-electron chi connectivity index (χ0n) is 9.30. The van der Waals surface area contributed by atoms with Gasteiger partial charge in [0.25, 0.3) is 0 Å². The van der Waals surface area contributed by atoms with Gasteiger partial charge in [-0.2, -0.15) is 0 Å². The second-order valence-electron chi connectivity index (χ2n) is 3.86. The number of amides is 2. The minimum Gasteiger partial charge on any atom is -0.481 e. The van der Waals surface area contributed by atoms with Crippen LogP contribution in [0.4, 0.5) is 5.13 Å². The molecule has 1 aliphatic heterocycles. The molecular formula is C10H11N3O4S. The van der Waals surface area contributed by atoms with Crippen LogP contribution in [0.1, 0.15) is 18.5 Å². The molecule has 0 radical (unpaired) electrons. The highest BCUT2D eigenvalue weighted by atomic mass is 32.1. The number of carboxylic acid groups (broad SMARTS) is 1. The standard InChI is InChI=1S/C10H11N3O4S/c14-7-2-1-6(12-7)9(17)13-10-11-5(4-18-10)3-8(15)16/h4,6H,1-3H2,(H,12,14)(H,15,16)(H,11,13,17). The molecule has 1 unspecified atom stereocenters. The topological polar surface area (TPSA) is 108 Å². The quantitative estimate of drug-likeness (QED) is 0.712. The number of carbonyl (C=O) groups excluding carboxylic acids is 2. The van der Waals surface area contributed by atoms with Crippen molar-refractivity contribution in [3.8, 4) is 0 Å². The molecular weight excluding hydrogens is 258 g/mol. The molecule has 1 fully saturated rings. The molecule has 1 aliphatic rings. The Morgan fingerprint density at radius 1 is 1.61 bits per heavy atom. The second kappa shape index (κ2) is 5.13. The Hall–Kier alpha value is -1.96. The van der Waals surface area contributed by atoms with Gasteiger partial charge in [-0.05, 0) is 6.42 Å². The molecule has 8 heteroatoms. The van der Waals surface area contributed by atoms with E-state index in [0.717, 1.165) is 11.3 Å². The molecule has 1 aromatic heterocycles. The second-order valence-corrected chi connectivity index (χ2v) is 4.72. The average Bonchev–Trinajstić information content (AvgIpc) is 2.87. The van der Waals surface area contributed by atoms with E-state index in [2.05, 4.69) is 15.6 Å². The molecule has 0 aromatic carbocycles. The lowest BCUT2D eigenvalue weighted by Crippen LogP contribution is -2.37. The largest absolute Gasteiger partial charge is 0.481 e. The number of nitrogens with zero attached hydrogens (tertiary/aromatic N) is 1. The molecule has 1 atom stereocenters. The summed E-state index contributed by atoms with van der Waals surface area (Å²) in [6.45, 7) is 0. The Morgan fingerprint density at radius 2 is 2.39 bits per heavy atom. The third kappa shape index (κ3) is 3.04. The number of hydrogen-bond acceptors (Lipinski definition) is 5. The van der Waals surface area contributed by atoms with Gasteiger partial charge in [0.05, 0.1) is 12.1 Å². The summed E-state index contributed by atoms with van der Waals surface area (Å²) in [6.07, 6.45) is 0.644. The van der Waals surface area contributed by atoms with E-state index in [9.17, 15) is 14.4 Å². The van der Waals surface area contributed by atoms with Crippen LogP contribution in [0, 0.1) is 0 Å². The van der Waals surface area contributed by atoms with Crippen molar-refractivity contribution in [2.24, 2.45) is 0 Å². The van der Waals surface area contributed by atoms with Crippen molar-refractivity contribution in [3.05, 3.63) is 11.1 Å². The molecule has 96 valence electrons. The summed E-state index contributed by atoms with van der Waals surface area (Å²) in [5.41, 5.74) is 0.401. The summed E-state index contributed by atoms with van der Waals surface area (Å²) in [7, 11) is 0. The minimum atomic E-state index is -0.971. The number of hydrogen-bond donors (Lipinski definition) is 3. The van der Waals surface area contributed by atoms with Gasteiger partial charge < -0.3 is 15.7 Å². The number of aromatic nitrogens is 1. The first-order valence-corrected chi connectivity index (χ1v) is 6.19. The van der Waals surface area contributed by atoms with Crippen molar-refractivity contribution in [1.29, 1.82) is 0 Å². The van der Waals surface area contributed by atoms with Crippen LogP contribution in [0.25, 0.3) is 0 Å². The number of rotatable bonds is 4. The SMILES string of the molecule is O=C(O)Cc1csc(NC(=O)C2CCC(=O)N2)n1. The van der Waals surface area contributed by atoms with E-state index in [0.29, 0.717) is 23.7 Å². The van der Waals surface area contributed by atoms with Crippen molar-refractivity contribution in [3.63, 3.8) is 0 Å². The van der Waals surface area contributed by atoms with Crippen LogP contribution in [0.2, 0.25) is 0 Å². The lowest BCUT2D eigenvalue weighted by Gasteiger charge is -2.08. The number of anilines is 1. The maximum Gasteiger partial charge on any atom is 0.309 e. The third-order valence-electron chi connectivity index (χ3n) is 2.43. The van der Waals surface area contributed by atoms with Crippen molar-refractivity contribution in [1.82, 2.24) is 10.3 Å². The Bertz CT molecular complexity index is 499. The number of thiazole rings is 1. The number of carbonyl (C=O) groups is 3. The maximum absolute atomic E-state index is 11.7. The first-order chi connectivity index (χ1) is 8.54. The van der Waals surface area contributed by atoms with E-state index in [-0.39, 0.29) is 18.2 Å². The van der Waals surface area contributed by atoms with Gasteiger partial charge in [-0.15, -0.1) is 11.3 Å². The molecule has 1 saturated heterocycles. The van der Waals surface area contributed by atoms with Crippen LogP contribution in [0.15, 0.2) is 5.38 Å². The molecule has 3 N–H and O–H groups in total. The smallest absolute Gasteiger partial charge is 0.309 e. The van der Waals surface area contributed by atoms with Crippen LogP contribution < -0.4 is 10.6 Å². The fraction of sp³-hybridized carbons (Fsp3) is 0.400. The minimum absolute atomic E-state index is 0.138. The Balaban J connectivity index is 1.93. The molecule has 0 bridgehead atoms. The Kier molecular flexibility index (Phi) is 3.56. The fourth-order valence-corrected chi connectivity index (χ4v) is 2.32. The number of nitrogens with one attached hydrogen (secondary N) is 2. The summed E-state index contributed by atoms with van der Waals surface area (Å²) in [4.78, 5) is 37.1. The van der Waals surface area contributed by atoms with E-state index in [1.165, 1.54) is 0 Å². The lowest BCUT2D eigenvalue weighted by atomic mass is 10.2. The van der Waals surface area contributed by atoms with E-state index < -0.39 is 12.0 Å². The normalized spacial score (nSPS) is 18.4. The summed E-state index contributed by atoms with van der Waals surface area (Å²) in [6, 6.07) is -0.524. The third-order valence-corrected chi connectivity index (χ3v) is 3.23. The van der Waals surface area contributed by atoms with Crippen LogP contribution >= 0.6 is 11.3 Å². The highest BCUT2D eigenvalue weighted by Crippen LogP contribution is 2.17. The Labute approximate surface area is 106 Å². The van der Waals surface area contributed by atoms with Gasteiger partial charge in [0.1, 0.15) is 6.04 Å². The fourth-order valence-electron chi connectivity index (χ4n) is 1.60. The molecule has 2 amide bonds. The Morgan fingerprint density at radius 3 is 3.00 bits per heavy atom. The van der Waals surface area contributed by atoms with Gasteiger partial charge in [-0.3, -0.25) is 14.4 Å². The maximum atomic E-state index is 11.7. The molecule has 0 aliphatic carbocycles. The lowest BCUT2D eigenvalue weighted by molar-refractivity contribution is -0.136. The molecule has 1 aromatic rings.